The summed E-state index contributed by atoms with van der Waals surface area (Å²) in [7, 11) is 0. The highest BCUT2D eigenvalue weighted by Gasteiger charge is 2.37. The molecule has 0 saturated carbocycles. The third-order valence-electron chi connectivity index (χ3n) is 1.87. The molecule has 0 unspecified atom stereocenters. The van der Waals surface area contributed by atoms with E-state index in [1.165, 1.54) is 11.0 Å². The van der Waals surface area contributed by atoms with E-state index in [0.29, 0.717) is 6.54 Å². The van der Waals surface area contributed by atoms with Crippen LogP contribution in [0.3, 0.4) is 0 Å². The summed E-state index contributed by atoms with van der Waals surface area (Å²) in [4.78, 5) is 11.6. The Morgan fingerprint density at radius 1 is 1.57 bits per heavy atom. The fourth-order valence-corrected chi connectivity index (χ4v) is 1.27. The van der Waals surface area contributed by atoms with E-state index < -0.39 is 11.9 Å². The standard InChI is InChI=1S/C8H11F2NO2.ClH/c9-8(10)3-5-11(6-8)4-1-2-7(12)13;/h1-2H,3-6H2,(H,12,13);1H/b2-1+;. The second-order valence-electron chi connectivity index (χ2n) is 3.08. The van der Waals surface area contributed by atoms with Crippen LogP contribution in [-0.2, 0) is 4.79 Å². The Hall–Kier alpha value is -0.680. The minimum Gasteiger partial charge on any atom is -0.478 e. The summed E-state index contributed by atoms with van der Waals surface area (Å²) in [5.41, 5.74) is 0. The van der Waals surface area contributed by atoms with Gasteiger partial charge in [0.05, 0.1) is 6.54 Å². The number of nitrogens with zero attached hydrogens (tertiary/aromatic N) is 1. The molecule has 82 valence electrons. The Morgan fingerprint density at radius 2 is 2.21 bits per heavy atom. The number of hydrogen-bond donors (Lipinski definition) is 1. The van der Waals surface area contributed by atoms with Crippen molar-refractivity contribution in [3.8, 4) is 0 Å². The smallest absolute Gasteiger partial charge is 0.328 e. The predicted octanol–water partition coefficient (Wildman–Crippen LogP) is 1.39. The Labute approximate surface area is 86.8 Å². The number of halogens is 3. The van der Waals surface area contributed by atoms with Crippen molar-refractivity contribution in [2.24, 2.45) is 0 Å². The molecule has 1 heterocycles. The lowest BCUT2D eigenvalue weighted by atomic mass is 10.3. The van der Waals surface area contributed by atoms with Crippen molar-refractivity contribution in [2.75, 3.05) is 19.6 Å². The Morgan fingerprint density at radius 3 is 2.64 bits per heavy atom. The van der Waals surface area contributed by atoms with Gasteiger partial charge in [0.25, 0.3) is 5.92 Å². The van der Waals surface area contributed by atoms with Gasteiger partial charge >= 0.3 is 5.97 Å². The number of carboxylic acids is 1. The van der Waals surface area contributed by atoms with Gasteiger partial charge in [-0.1, -0.05) is 6.08 Å². The highest BCUT2D eigenvalue weighted by atomic mass is 35.5. The van der Waals surface area contributed by atoms with Gasteiger partial charge in [-0.05, 0) is 0 Å². The monoisotopic (exact) mass is 227 g/mol. The molecular weight excluding hydrogens is 216 g/mol. The van der Waals surface area contributed by atoms with Gasteiger partial charge in [0, 0.05) is 25.6 Å². The fourth-order valence-electron chi connectivity index (χ4n) is 1.27. The van der Waals surface area contributed by atoms with E-state index in [0.717, 1.165) is 6.08 Å². The molecule has 0 atom stereocenters. The predicted molar refractivity (Wildman–Crippen MR) is 50.0 cm³/mol. The van der Waals surface area contributed by atoms with Crippen molar-refractivity contribution in [3.05, 3.63) is 12.2 Å². The zero-order valence-electron chi connectivity index (χ0n) is 7.45. The molecule has 0 bridgehead atoms. The van der Waals surface area contributed by atoms with E-state index in [9.17, 15) is 13.6 Å². The summed E-state index contributed by atoms with van der Waals surface area (Å²) >= 11 is 0. The number of aliphatic carboxylic acids is 1. The number of alkyl halides is 2. The molecule has 1 saturated heterocycles. The third kappa shape index (κ3) is 4.53. The average molecular weight is 228 g/mol. The van der Waals surface area contributed by atoms with Crippen molar-refractivity contribution in [2.45, 2.75) is 12.3 Å². The molecule has 0 aromatic carbocycles. The Bertz CT molecular complexity index is 233. The van der Waals surface area contributed by atoms with E-state index in [-0.39, 0.29) is 31.9 Å². The number of carbonyl (C=O) groups is 1. The number of carboxylic acid groups (broad SMARTS) is 1. The molecule has 14 heavy (non-hydrogen) atoms. The van der Waals surface area contributed by atoms with Crippen molar-refractivity contribution < 1.29 is 18.7 Å². The first kappa shape index (κ1) is 13.3. The van der Waals surface area contributed by atoms with Crippen LogP contribution in [0.15, 0.2) is 12.2 Å². The highest BCUT2D eigenvalue weighted by molar-refractivity contribution is 5.85. The molecule has 0 aromatic rings. The average Bonchev–Trinajstić information content (AvgIpc) is 2.29. The van der Waals surface area contributed by atoms with Crippen LogP contribution in [0.2, 0.25) is 0 Å². The minimum absolute atomic E-state index is 0. The van der Waals surface area contributed by atoms with E-state index >= 15 is 0 Å². The van der Waals surface area contributed by atoms with E-state index in [2.05, 4.69) is 0 Å². The highest BCUT2D eigenvalue weighted by Crippen LogP contribution is 2.26. The van der Waals surface area contributed by atoms with Crippen LogP contribution < -0.4 is 0 Å². The van der Waals surface area contributed by atoms with Crippen LogP contribution in [0.5, 0.6) is 0 Å². The van der Waals surface area contributed by atoms with Crippen LogP contribution >= 0.6 is 12.4 Å². The second kappa shape index (κ2) is 5.26. The molecule has 3 nitrogen and oxygen atoms in total. The summed E-state index contributed by atoms with van der Waals surface area (Å²) in [5, 5.41) is 8.24. The maximum Gasteiger partial charge on any atom is 0.328 e. The summed E-state index contributed by atoms with van der Waals surface area (Å²) in [5.74, 6) is -3.65. The van der Waals surface area contributed by atoms with Gasteiger partial charge in [-0.25, -0.2) is 13.6 Å². The quantitative estimate of drug-likeness (QED) is 0.741. The lowest BCUT2D eigenvalue weighted by Gasteiger charge is -2.11. The van der Waals surface area contributed by atoms with Gasteiger partial charge in [-0.15, -0.1) is 12.4 Å². The molecule has 0 aromatic heterocycles. The van der Waals surface area contributed by atoms with Gasteiger partial charge in [-0.3, -0.25) is 4.90 Å². The summed E-state index contributed by atoms with van der Waals surface area (Å²) < 4.78 is 25.2. The number of hydrogen-bond acceptors (Lipinski definition) is 2. The first-order valence-electron chi connectivity index (χ1n) is 3.99. The molecule has 1 rings (SSSR count). The van der Waals surface area contributed by atoms with Crippen molar-refractivity contribution in [1.82, 2.24) is 4.90 Å². The van der Waals surface area contributed by atoms with Crippen molar-refractivity contribution in [1.29, 1.82) is 0 Å². The van der Waals surface area contributed by atoms with Crippen molar-refractivity contribution in [3.63, 3.8) is 0 Å². The molecule has 1 fully saturated rings. The summed E-state index contributed by atoms with van der Waals surface area (Å²) in [6, 6.07) is 0. The molecule has 0 aliphatic carbocycles. The van der Waals surface area contributed by atoms with Gasteiger partial charge in [0.1, 0.15) is 0 Å². The topological polar surface area (TPSA) is 40.5 Å². The van der Waals surface area contributed by atoms with Crippen molar-refractivity contribution >= 4 is 18.4 Å². The molecule has 1 N–H and O–H groups in total. The van der Waals surface area contributed by atoms with Crippen LogP contribution in [0.25, 0.3) is 0 Å². The van der Waals surface area contributed by atoms with Crippen LogP contribution in [0.4, 0.5) is 8.78 Å². The molecule has 1 aliphatic rings. The van der Waals surface area contributed by atoms with Crippen LogP contribution in [0.1, 0.15) is 6.42 Å². The van der Waals surface area contributed by atoms with Gasteiger partial charge < -0.3 is 5.11 Å². The van der Waals surface area contributed by atoms with E-state index in [1.807, 2.05) is 0 Å². The SMILES string of the molecule is Cl.O=C(O)/C=C/CN1CCC(F)(F)C1. The minimum atomic E-state index is -2.60. The lowest BCUT2D eigenvalue weighted by molar-refractivity contribution is -0.131. The first-order chi connectivity index (χ1) is 5.99. The van der Waals surface area contributed by atoms with E-state index in [4.69, 9.17) is 5.11 Å². The third-order valence-corrected chi connectivity index (χ3v) is 1.87. The fraction of sp³-hybridized carbons (Fsp3) is 0.625. The van der Waals surface area contributed by atoms with Gasteiger partial charge in [-0.2, -0.15) is 0 Å². The molecule has 0 amide bonds. The molecular formula is C8H12ClF2NO2. The number of likely N-dealkylation sites (tertiary alicyclic amines) is 1. The molecule has 0 radical (unpaired) electrons. The Kier molecular flexibility index (Phi) is 5.01. The van der Waals surface area contributed by atoms with Gasteiger partial charge in [0.2, 0.25) is 0 Å². The molecule has 1 aliphatic heterocycles. The second-order valence-corrected chi connectivity index (χ2v) is 3.08. The first-order valence-corrected chi connectivity index (χ1v) is 3.99. The molecule has 6 heteroatoms. The van der Waals surface area contributed by atoms with Crippen LogP contribution in [-0.4, -0.2) is 41.5 Å². The summed E-state index contributed by atoms with van der Waals surface area (Å²) in [6.45, 7) is 0.343. The van der Waals surface area contributed by atoms with Gasteiger partial charge in [0.15, 0.2) is 0 Å². The lowest BCUT2D eigenvalue weighted by Crippen LogP contribution is -2.25. The van der Waals surface area contributed by atoms with E-state index in [1.54, 1.807) is 0 Å². The Balaban J connectivity index is 0.00000169. The normalized spacial score (nSPS) is 21.0. The van der Waals surface area contributed by atoms with Crippen LogP contribution in [0, 0.1) is 0 Å². The maximum atomic E-state index is 12.6. The zero-order chi connectivity index (χ0) is 9.90. The largest absolute Gasteiger partial charge is 0.478 e. The maximum absolute atomic E-state index is 12.6. The summed E-state index contributed by atoms with van der Waals surface area (Å²) in [6.07, 6.45) is 2.22. The zero-order valence-corrected chi connectivity index (χ0v) is 8.27. The number of rotatable bonds is 3. The molecule has 0 spiro atoms.